The molecule has 0 spiro atoms. The number of halogens is 1. The summed E-state index contributed by atoms with van der Waals surface area (Å²) < 4.78 is 7.12. The van der Waals surface area contributed by atoms with Crippen molar-refractivity contribution in [3.63, 3.8) is 0 Å². The molecule has 1 N–H and O–H groups in total. The minimum absolute atomic E-state index is 0.603. The van der Waals surface area contributed by atoms with Crippen molar-refractivity contribution < 1.29 is 4.74 Å². The molecule has 1 aliphatic rings. The molecule has 0 bridgehead atoms. The highest BCUT2D eigenvalue weighted by atomic mass is 79.9. The highest BCUT2D eigenvalue weighted by Gasteiger charge is 2.21. The first kappa shape index (κ1) is 14.6. The van der Waals surface area contributed by atoms with Crippen LogP contribution in [-0.2, 0) is 13.2 Å². The van der Waals surface area contributed by atoms with Crippen LogP contribution in [0.25, 0.3) is 0 Å². The zero-order valence-electron chi connectivity index (χ0n) is 12.2. The van der Waals surface area contributed by atoms with E-state index in [0.29, 0.717) is 12.6 Å². The Morgan fingerprint density at radius 2 is 1.86 bits per heavy atom. The minimum atomic E-state index is 0.603. The Labute approximate surface area is 134 Å². The van der Waals surface area contributed by atoms with Gasteiger partial charge in [-0.25, -0.2) is 0 Å². The van der Waals surface area contributed by atoms with E-state index in [9.17, 15) is 0 Å². The van der Waals surface area contributed by atoms with E-state index < -0.39 is 0 Å². The number of ether oxygens (including phenoxy) is 1. The number of rotatable bonds is 6. The summed E-state index contributed by atoms with van der Waals surface area (Å²) >= 11 is 3.61. The average molecular weight is 346 g/mol. The van der Waals surface area contributed by atoms with Crippen LogP contribution in [0.4, 0.5) is 0 Å². The normalized spacial score (nSPS) is 14.2. The Morgan fingerprint density at radius 1 is 1.10 bits per heavy atom. The van der Waals surface area contributed by atoms with Gasteiger partial charge < -0.3 is 10.1 Å². The van der Waals surface area contributed by atoms with Gasteiger partial charge in [-0.15, -0.1) is 0 Å². The highest BCUT2D eigenvalue weighted by Crippen LogP contribution is 2.31. The van der Waals surface area contributed by atoms with Gasteiger partial charge in [0.25, 0.3) is 0 Å². The molecule has 21 heavy (non-hydrogen) atoms. The van der Waals surface area contributed by atoms with Gasteiger partial charge in [0.1, 0.15) is 12.4 Å². The number of para-hydroxylation sites is 1. The summed E-state index contributed by atoms with van der Waals surface area (Å²) in [6.45, 7) is 3.59. The fraction of sp³-hybridized carbons (Fsp3) is 0.333. The number of aryl methyl sites for hydroxylation is 1. The summed E-state index contributed by atoms with van der Waals surface area (Å²) in [5.74, 6) is 0.953. The predicted octanol–water partition coefficient (Wildman–Crippen LogP) is 4.59. The summed E-state index contributed by atoms with van der Waals surface area (Å²) in [6.07, 6.45) is 2.60. The van der Waals surface area contributed by atoms with Crippen LogP contribution < -0.4 is 10.1 Å². The summed E-state index contributed by atoms with van der Waals surface area (Å²) in [4.78, 5) is 0. The first-order valence-electron chi connectivity index (χ1n) is 7.42. The highest BCUT2D eigenvalue weighted by molar-refractivity contribution is 9.10. The number of hydrogen-bond acceptors (Lipinski definition) is 2. The Kier molecular flexibility index (Phi) is 4.61. The van der Waals surface area contributed by atoms with Crippen molar-refractivity contribution >= 4 is 15.9 Å². The second-order valence-corrected chi connectivity index (χ2v) is 6.45. The molecule has 1 fully saturated rings. The summed E-state index contributed by atoms with van der Waals surface area (Å²) in [6, 6.07) is 15.3. The Balaban J connectivity index is 1.72. The maximum absolute atomic E-state index is 6.10. The molecule has 3 rings (SSSR count). The summed E-state index contributed by atoms with van der Waals surface area (Å²) in [7, 11) is 0. The van der Waals surface area contributed by atoms with Crippen molar-refractivity contribution in [3.8, 4) is 5.75 Å². The van der Waals surface area contributed by atoms with Gasteiger partial charge in [0.2, 0.25) is 0 Å². The molecule has 1 aliphatic carbocycles. The summed E-state index contributed by atoms with van der Waals surface area (Å²) in [5, 5.41) is 3.55. The monoisotopic (exact) mass is 345 g/mol. The number of benzene rings is 2. The van der Waals surface area contributed by atoms with Gasteiger partial charge in [0.05, 0.1) is 4.47 Å². The molecule has 2 aromatic carbocycles. The Bertz CT molecular complexity index is 622. The quantitative estimate of drug-likeness (QED) is 0.826. The van der Waals surface area contributed by atoms with Gasteiger partial charge in [0, 0.05) is 18.2 Å². The molecule has 0 radical (unpaired) electrons. The van der Waals surface area contributed by atoms with E-state index in [1.165, 1.54) is 29.5 Å². The number of hydrogen-bond donors (Lipinski definition) is 1. The van der Waals surface area contributed by atoms with Crippen molar-refractivity contribution in [2.24, 2.45) is 0 Å². The SMILES string of the molecule is Cc1ccccc1COc1c(Br)cccc1CNC1CC1. The van der Waals surface area contributed by atoms with E-state index in [0.717, 1.165) is 16.8 Å². The molecule has 1 saturated carbocycles. The van der Waals surface area contributed by atoms with Gasteiger partial charge in [-0.2, -0.15) is 0 Å². The lowest BCUT2D eigenvalue weighted by Crippen LogP contribution is -2.16. The standard InChI is InChI=1S/C18H20BrNO/c1-13-5-2-3-6-15(13)12-21-18-14(7-4-8-17(18)19)11-20-16-9-10-16/h2-8,16,20H,9-12H2,1H3. The third kappa shape index (κ3) is 3.86. The van der Waals surface area contributed by atoms with E-state index in [1.807, 2.05) is 6.07 Å². The van der Waals surface area contributed by atoms with Crippen LogP contribution in [0.3, 0.4) is 0 Å². The molecule has 0 aliphatic heterocycles. The minimum Gasteiger partial charge on any atom is -0.487 e. The zero-order chi connectivity index (χ0) is 14.7. The molecule has 0 unspecified atom stereocenters. The molecule has 0 heterocycles. The third-order valence-electron chi connectivity index (χ3n) is 3.84. The largest absolute Gasteiger partial charge is 0.487 e. The molecule has 0 aromatic heterocycles. The van der Waals surface area contributed by atoms with Gasteiger partial charge in [-0.05, 0) is 52.9 Å². The molecular weight excluding hydrogens is 326 g/mol. The van der Waals surface area contributed by atoms with Crippen LogP contribution in [0, 0.1) is 6.92 Å². The first-order valence-corrected chi connectivity index (χ1v) is 8.21. The molecule has 3 heteroatoms. The van der Waals surface area contributed by atoms with E-state index in [-0.39, 0.29) is 0 Å². The van der Waals surface area contributed by atoms with Gasteiger partial charge in [-0.3, -0.25) is 0 Å². The van der Waals surface area contributed by atoms with E-state index in [2.05, 4.69) is 64.6 Å². The Morgan fingerprint density at radius 3 is 2.62 bits per heavy atom. The van der Waals surface area contributed by atoms with Crippen molar-refractivity contribution in [3.05, 3.63) is 63.6 Å². The van der Waals surface area contributed by atoms with E-state index >= 15 is 0 Å². The van der Waals surface area contributed by atoms with Crippen molar-refractivity contribution in [1.29, 1.82) is 0 Å². The molecule has 2 nitrogen and oxygen atoms in total. The lowest BCUT2D eigenvalue weighted by atomic mass is 10.1. The average Bonchev–Trinajstić information content (AvgIpc) is 3.30. The maximum atomic E-state index is 6.10. The second kappa shape index (κ2) is 6.63. The van der Waals surface area contributed by atoms with Crippen molar-refractivity contribution in [1.82, 2.24) is 5.32 Å². The van der Waals surface area contributed by atoms with E-state index in [4.69, 9.17) is 4.74 Å². The van der Waals surface area contributed by atoms with Crippen LogP contribution in [-0.4, -0.2) is 6.04 Å². The maximum Gasteiger partial charge on any atom is 0.138 e. The van der Waals surface area contributed by atoms with E-state index in [1.54, 1.807) is 0 Å². The lowest BCUT2D eigenvalue weighted by molar-refractivity contribution is 0.299. The first-order chi connectivity index (χ1) is 10.2. The number of nitrogens with one attached hydrogen (secondary N) is 1. The fourth-order valence-electron chi connectivity index (χ4n) is 2.32. The van der Waals surface area contributed by atoms with Crippen LogP contribution in [0.15, 0.2) is 46.9 Å². The van der Waals surface area contributed by atoms with Crippen molar-refractivity contribution in [2.45, 2.75) is 39.0 Å². The zero-order valence-corrected chi connectivity index (χ0v) is 13.8. The molecule has 110 valence electrons. The second-order valence-electron chi connectivity index (χ2n) is 5.60. The van der Waals surface area contributed by atoms with Gasteiger partial charge in [-0.1, -0.05) is 36.4 Å². The van der Waals surface area contributed by atoms with Crippen LogP contribution >= 0.6 is 15.9 Å². The lowest BCUT2D eigenvalue weighted by Gasteiger charge is -2.15. The van der Waals surface area contributed by atoms with Crippen molar-refractivity contribution in [2.75, 3.05) is 0 Å². The Hall–Kier alpha value is -1.32. The fourth-order valence-corrected chi connectivity index (χ4v) is 2.84. The third-order valence-corrected chi connectivity index (χ3v) is 4.46. The molecule has 0 atom stereocenters. The van der Waals surface area contributed by atoms with Gasteiger partial charge in [0.15, 0.2) is 0 Å². The summed E-state index contributed by atoms with van der Waals surface area (Å²) in [5.41, 5.74) is 3.71. The molecule has 0 saturated heterocycles. The molecule has 0 amide bonds. The molecule has 2 aromatic rings. The molecular formula is C18H20BrNO. The smallest absolute Gasteiger partial charge is 0.138 e. The topological polar surface area (TPSA) is 21.3 Å². The van der Waals surface area contributed by atoms with Gasteiger partial charge >= 0.3 is 0 Å². The van der Waals surface area contributed by atoms with Crippen LogP contribution in [0.1, 0.15) is 29.5 Å². The predicted molar refractivity (Wildman–Crippen MR) is 89.5 cm³/mol. The van der Waals surface area contributed by atoms with Crippen LogP contribution in [0.5, 0.6) is 5.75 Å². The van der Waals surface area contributed by atoms with Crippen LogP contribution in [0.2, 0.25) is 0 Å².